The number of benzene rings is 1. The molecule has 0 fully saturated rings. The zero-order valence-corrected chi connectivity index (χ0v) is 15.9. The molecular weight excluding hydrogens is 367 g/mol. The average molecular weight is 386 g/mol. The van der Waals surface area contributed by atoms with Crippen LogP contribution in [0.3, 0.4) is 0 Å². The van der Waals surface area contributed by atoms with Crippen LogP contribution in [0.1, 0.15) is 36.6 Å². The van der Waals surface area contributed by atoms with Gasteiger partial charge in [-0.05, 0) is 30.3 Å². The summed E-state index contributed by atoms with van der Waals surface area (Å²) >= 11 is 17.3. The number of halogens is 3. The van der Waals surface area contributed by atoms with E-state index >= 15 is 0 Å². The summed E-state index contributed by atoms with van der Waals surface area (Å²) in [5.74, 6) is 0.551. The van der Waals surface area contributed by atoms with Crippen molar-refractivity contribution < 1.29 is 0 Å². The summed E-state index contributed by atoms with van der Waals surface area (Å²) in [4.78, 5) is 14.4. The van der Waals surface area contributed by atoms with Gasteiger partial charge in [-0.3, -0.25) is 4.90 Å². The van der Waals surface area contributed by atoms with Crippen molar-refractivity contribution in [3.8, 4) is 0 Å². The van der Waals surface area contributed by atoms with E-state index in [1.807, 2.05) is 6.08 Å². The average Bonchev–Trinajstić information content (AvgIpc) is 2.58. The minimum absolute atomic E-state index is 0.108. The molecule has 0 amide bonds. The molecule has 4 nitrogen and oxygen atoms in total. The minimum atomic E-state index is -1.66. The van der Waals surface area contributed by atoms with Gasteiger partial charge in [0.2, 0.25) is 3.79 Å². The highest BCUT2D eigenvalue weighted by atomic mass is 35.6. The Morgan fingerprint density at radius 1 is 1.00 bits per heavy atom. The molecule has 0 saturated carbocycles. The fraction of sp³-hybridized carbons (Fsp3) is 0.353. The summed E-state index contributed by atoms with van der Waals surface area (Å²) in [5, 5.41) is 0. The third kappa shape index (κ3) is 5.71. The van der Waals surface area contributed by atoms with Gasteiger partial charge < -0.3 is 0 Å². The molecule has 0 saturated heterocycles. The summed E-state index contributed by atoms with van der Waals surface area (Å²) in [6, 6.07) is 8.37. The van der Waals surface area contributed by atoms with Gasteiger partial charge in [-0.25, -0.2) is 15.0 Å². The van der Waals surface area contributed by atoms with Gasteiger partial charge in [0, 0.05) is 6.54 Å². The van der Waals surface area contributed by atoms with Gasteiger partial charge in [0.1, 0.15) is 6.33 Å². The van der Waals surface area contributed by atoms with Crippen molar-refractivity contribution >= 4 is 47.0 Å². The molecule has 1 heterocycles. The Labute approximate surface area is 157 Å². The van der Waals surface area contributed by atoms with Gasteiger partial charge in [-0.1, -0.05) is 79.0 Å². The monoisotopic (exact) mass is 384 g/mol. The second-order valence-electron chi connectivity index (χ2n) is 5.20. The first-order valence-corrected chi connectivity index (χ1v) is 8.81. The topological polar surface area (TPSA) is 41.9 Å². The Hall–Kier alpha value is -1.20. The molecule has 24 heavy (non-hydrogen) atoms. The maximum atomic E-state index is 5.78. The van der Waals surface area contributed by atoms with E-state index in [9.17, 15) is 0 Å². The van der Waals surface area contributed by atoms with Crippen molar-refractivity contribution in [2.24, 2.45) is 0 Å². The first kappa shape index (κ1) is 19.1. The van der Waals surface area contributed by atoms with Gasteiger partial charge in [0.15, 0.2) is 11.6 Å². The molecule has 0 radical (unpaired) electrons. The van der Waals surface area contributed by atoms with Gasteiger partial charge in [0.25, 0.3) is 0 Å². The molecule has 128 valence electrons. The van der Waals surface area contributed by atoms with Crippen molar-refractivity contribution in [3.05, 3.63) is 53.4 Å². The van der Waals surface area contributed by atoms with Crippen LogP contribution < -0.4 is 0 Å². The molecule has 0 unspecified atom stereocenters. The van der Waals surface area contributed by atoms with Crippen LogP contribution in [0, 0.1) is 0 Å². The Balaban J connectivity index is 2.07. The minimum Gasteiger partial charge on any atom is -0.300 e. The summed E-state index contributed by atoms with van der Waals surface area (Å²) in [6.07, 6.45) is 5.01. The molecule has 0 aliphatic heterocycles. The van der Waals surface area contributed by atoms with Crippen molar-refractivity contribution in [2.75, 3.05) is 13.1 Å². The highest BCUT2D eigenvalue weighted by Crippen LogP contribution is 2.35. The second-order valence-corrected chi connectivity index (χ2v) is 7.48. The van der Waals surface area contributed by atoms with Crippen LogP contribution in [0.15, 0.2) is 30.6 Å². The molecule has 0 atom stereocenters. The van der Waals surface area contributed by atoms with Crippen LogP contribution in [0.2, 0.25) is 0 Å². The lowest BCUT2D eigenvalue weighted by Crippen LogP contribution is -2.21. The summed E-state index contributed by atoms with van der Waals surface area (Å²) < 4.78 is -1.66. The van der Waals surface area contributed by atoms with E-state index in [0.29, 0.717) is 5.82 Å². The highest BCUT2D eigenvalue weighted by molar-refractivity contribution is 6.66. The molecule has 0 aliphatic rings. The Bertz CT molecular complexity index is 677. The number of rotatable bonds is 6. The molecule has 0 N–H and O–H groups in total. The van der Waals surface area contributed by atoms with E-state index in [0.717, 1.165) is 25.2 Å². The molecule has 1 aromatic heterocycles. The molecule has 1 aromatic carbocycles. The third-order valence-corrected chi connectivity index (χ3v) is 4.06. The molecule has 2 rings (SSSR count). The van der Waals surface area contributed by atoms with E-state index in [-0.39, 0.29) is 5.82 Å². The predicted molar refractivity (Wildman–Crippen MR) is 101 cm³/mol. The summed E-state index contributed by atoms with van der Waals surface area (Å²) in [7, 11) is 0. The highest BCUT2D eigenvalue weighted by Gasteiger charge is 2.26. The molecular formula is C17H19Cl3N4. The molecule has 0 aliphatic carbocycles. The number of hydrogen-bond donors (Lipinski definition) is 0. The van der Waals surface area contributed by atoms with Crippen molar-refractivity contribution in [1.82, 2.24) is 19.9 Å². The van der Waals surface area contributed by atoms with Crippen LogP contribution in [-0.2, 0) is 10.3 Å². The van der Waals surface area contributed by atoms with Crippen LogP contribution in [0.5, 0.6) is 0 Å². The van der Waals surface area contributed by atoms with Crippen LogP contribution >= 0.6 is 34.8 Å². The van der Waals surface area contributed by atoms with Crippen LogP contribution in [-0.4, -0.2) is 32.9 Å². The van der Waals surface area contributed by atoms with Gasteiger partial charge in [0.05, 0.1) is 0 Å². The van der Waals surface area contributed by atoms with E-state index in [1.54, 1.807) is 6.08 Å². The molecule has 0 spiro atoms. The largest absolute Gasteiger partial charge is 0.300 e. The SMILES string of the molecule is CCN(CC)Cc1ccc(C=Cc2ncnc(C(Cl)(Cl)Cl)n2)cc1. The van der Waals surface area contributed by atoms with Crippen molar-refractivity contribution in [1.29, 1.82) is 0 Å². The summed E-state index contributed by atoms with van der Waals surface area (Å²) in [6.45, 7) is 7.38. The first-order chi connectivity index (χ1) is 11.4. The lowest BCUT2D eigenvalue weighted by molar-refractivity contribution is 0.296. The van der Waals surface area contributed by atoms with E-state index in [1.165, 1.54) is 11.9 Å². The number of hydrogen-bond acceptors (Lipinski definition) is 4. The molecule has 2 aromatic rings. The van der Waals surface area contributed by atoms with Crippen molar-refractivity contribution in [3.63, 3.8) is 0 Å². The van der Waals surface area contributed by atoms with E-state index in [4.69, 9.17) is 34.8 Å². The maximum absolute atomic E-state index is 5.78. The first-order valence-electron chi connectivity index (χ1n) is 7.68. The Morgan fingerprint density at radius 2 is 1.67 bits per heavy atom. The number of aromatic nitrogens is 3. The fourth-order valence-electron chi connectivity index (χ4n) is 2.14. The number of nitrogens with zero attached hydrogens (tertiary/aromatic N) is 4. The second kappa shape index (κ2) is 8.77. The zero-order chi connectivity index (χ0) is 17.6. The third-order valence-electron chi connectivity index (χ3n) is 3.55. The normalized spacial score (nSPS) is 12.2. The van der Waals surface area contributed by atoms with Gasteiger partial charge >= 0.3 is 0 Å². The molecule has 7 heteroatoms. The predicted octanol–water partition coefficient (Wildman–Crippen LogP) is 4.71. The van der Waals surface area contributed by atoms with Gasteiger partial charge in [-0.15, -0.1) is 0 Å². The standard InChI is InChI=1S/C17H19Cl3N4/c1-3-24(4-2)11-14-7-5-13(6-8-14)9-10-15-21-12-22-16(23-15)17(18,19)20/h5-10,12H,3-4,11H2,1-2H3. The number of alkyl halides is 3. The van der Waals surface area contributed by atoms with Gasteiger partial charge in [-0.2, -0.15) is 0 Å². The fourth-order valence-corrected chi connectivity index (χ4v) is 2.41. The lowest BCUT2D eigenvalue weighted by atomic mass is 10.1. The summed E-state index contributed by atoms with van der Waals surface area (Å²) in [5.41, 5.74) is 2.34. The quantitative estimate of drug-likeness (QED) is 0.675. The van der Waals surface area contributed by atoms with Crippen molar-refractivity contribution in [2.45, 2.75) is 24.2 Å². The smallest absolute Gasteiger partial charge is 0.250 e. The zero-order valence-electron chi connectivity index (χ0n) is 13.6. The Kier molecular flexibility index (Phi) is 6.99. The van der Waals surface area contributed by atoms with E-state index < -0.39 is 3.79 Å². The lowest BCUT2D eigenvalue weighted by Gasteiger charge is -2.17. The molecule has 0 bridgehead atoms. The van der Waals surface area contributed by atoms with E-state index in [2.05, 4.69) is 58.0 Å². The van der Waals surface area contributed by atoms with Crippen LogP contribution in [0.25, 0.3) is 12.2 Å². The maximum Gasteiger partial charge on any atom is 0.250 e. The van der Waals surface area contributed by atoms with Crippen LogP contribution in [0.4, 0.5) is 0 Å². The Morgan fingerprint density at radius 3 is 2.25 bits per heavy atom.